The van der Waals surface area contributed by atoms with Gasteiger partial charge in [-0.15, -0.1) is 0 Å². The summed E-state index contributed by atoms with van der Waals surface area (Å²) in [6.07, 6.45) is 2.60. The lowest BCUT2D eigenvalue weighted by atomic mass is 10.00. The molecule has 84 valence electrons. The maximum absolute atomic E-state index is 4.71. The third-order valence-corrected chi connectivity index (χ3v) is 4.43. The highest BCUT2D eigenvalue weighted by Crippen LogP contribution is 2.30. The molecule has 0 spiro atoms. The lowest BCUT2D eigenvalue weighted by Gasteiger charge is -2.29. The molecule has 3 heteroatoms. The van der Waals surface area contributed by atoms with Crippen molar-refractivity contribution >= 4 is 26.7 Å². The molecule has 0 amide bonds. The topological polar surface area (TPSA) is 16.1 Å². The maximum atomic E-state index is 4.71. The molecule has 0 saturated carbocycles. The average molecular weight is 232 g/mol. The second-order valence-corrected chi connectivity index (χ2v) is 5.64. The number of nitrogens with zero attached hydrogens (tertiary/aromatic N) is 2. The minimum atomic E-state index is 0.880. The van der Waals surface area contributed by atoms with Crippen LogP contribution in [0.5, 0.6) is 0 Å². The number of benzene rings is 1. The van der Waals surface area contributed by atoms with Gasteiger partial charge >= 0.3 is 0 Å². The van der Waals surface area contributed by atoms with Gasteiger partial charge in [-0.2, -0.15) is 0 Å². The second kappa shape index (κ2) is 4.06. The van der Waals surface area contributed by atoms with Crippen LogP contribution < -0.4 is 4.90 Å². The fourth-order valence-corrected chi connectivity index (χ4v) is 3.21. The molecule has 0 radical (unpaired) electrons. The smallest absolute Gasteiger partial charge is 0.186 e. The zero-order chi connectivity index (χ0) is 11.0. The first-order valence-electron chi connectivity index (χ1n) is 5.93. The predicted octanol–water partition coefficient (Wildman–Crippen LogP) is 3.53. The molecule has 0 unspecified atom stereocenters. The van der Waals surface area contributed by atoms with Crippen molar-refractivity contribution in [3.8, 4) is 0 Å². The van der Waals surface area contributed by atoms with E-state index in [1.54, 1.807) is 0 Å². The Balaban J connectivity index is 1.88. The fourth-order valence-electron chi connectivity index (χ4n) is 2.20. The highest BCUT2D eigenvalue weighted by Gasteiger charge is 2.18. The van der Waals surface area contributed by atoms with Gasteiger partial charge in [0.2, 0.25) is 0 Å². The van der Waals surface area contributed by atoms with Crippen molar-refractivity contribution in [2.45, 2.75) is 19.8 Å². The van der Waals surface area contributed by atoms with Crippen LogP contribution in [0.4, 0.5) is 5.13 Å². The highest BCUT2D eigenvalue weighted by molar-refractivity contribution is 7.22. The number of rotatable bonds is 1. The first-order valence-corrected chi connectivity index (χ1v) is 6.75. The summed E-state index contributed by atoms with van der Waals surface area (Å²) < 4.78 is 1.30. The largest absolute Gasteiger partial charge is 0.348 e. The summed E-state index contributed by atoms with van der Waals surface area (Å²) in [6.45, 7) is 4.68. The molecule has 1 aromatic carbocycles. The number of aromatic nitrogens is 1. The van der Waals surface area contributed by atoms with Gasteiger partial charge in [0.1, 0.15) is 0 Å². The summed E-state index contributed by atoms with van der Waals surface area (Å²) in [6, 6.07) is 8.40. The molecule has 1 aliphatic heterocycles. The molecule has 16 heavy (non-hydrogen) atoms. The van der Waals surface area contributed by atoms with E-state index in [0.717, 1.165) is 11.4 Å². The first kappa shape index (κ1) is 10.1. The number of hydrogen-bond donors (Lipinski definition) is 0. The quantitative estimate of drug-likeness (QED) is 0.747. The average Bonchev–Trinajstić information content (AvgIpc) is 2.73. The van der Waals surface area contributed by atoms with Crippen LogP contribution in [0.15, 0.2) is 24.3 Å². The van der Waals surface area contributed by atoms with Crippen molar-refractivity contribution in [3.63, 3.8) is 0 Å². The lowest BCUT2D eigenvalue weighted by molar-refractivity contribution is 0.438. The van der Waals surface area contributed by atoms with Gasteiger partial charge in [-0.05, 0) is 30.9 Å². The number of anilines is 1. The normalized spacial score (nSPS) is 18.2. The number of para-hydroxylation sites is 1. The molecule has 0 bridgehead atoms. The van der Waals surface area contributed by atoms with E-state index in [9.17, 15) is 0 Å². The Morgan fingerprint density at radius 2 is 2.00 bits per heavy atom. The Kier molecular flexibility index (Phi) is 2.56. The SMILES string of the molecule is CC1CCN(c2nc3ccccc3s2)CC1. The number of fused-ring (bicyclic) bond motifs is 1. The van der Waals surface area contributed by atoms with Crippen LogP contribution in [0, 0.1) is 5.92 Å². The molecule has 2 heterocycles. The zero-order valence-corrected chi connectivity index (χ0v) is 10.3. The second-order valence-electron chi connectivity index (χ2n) is 4.63. The van der Waals surface area contributed by atoms with Gasteiger partial charge in [0.05, 0.1) is 10.2 Å². The van der Waals surface area contributed by atoms with Crippen LogP contribution >= 0.6 is 11.3 Å². The number of piperidine rings is 1. The van der Waals surface area contributed by atoms with E-state index in [1.165, 1.54) is 35.8 Å². The van der Waals surface area contributed by atoms with Crippen molar-refractivity contribution < 1.29 is 0 Å². The van der Waals surface area contributed by atoms with E-state index < -0.39 is 0 Å². The van der Waals surface area contributed by atoms with E-state index in [0.29, 0.717) is 0 Å². The molecule has 0 atom stereocenters. The monoisotopic (exact) mass is 232 g/mol. The molecule has 1 fully saturated rings. The van der Waals surface area contributed by atoms with Crippen molar-refractivity contribution in [1.82, 2.24) is 4.98 Å². The lowest BCUT2D eigenvalue weighted by Crippen LogP contribution is -2.32. The molecule has 1 aliphatic rings. The van der Waals surface area contributed by atoms with Crippen molar-refractivity contribution in [2.75, 3.05) is 18.0 Å². The molecule has 2 aromatic rings. The highest BCUT2D eigenvalue weighted by atomic mass is 32.1. The zero-order valence-electron chi connectivity index (χ0n) is 9.52. The Morgan fingerprint density at radius 3 is 2.75 bits per heavy atom. The summed E-state index contributed by atoms with van der Waals surface area (Å²) in [7, 11) is 0. The Labute approximate surface area is 99.9 Å². The van der Waals surface area contributed by atoms with Gasteiger partial charge in [-0.25, -0.2) is 4.98 Å². The van der Waals surface area contributed by atoms with Crippen LogP contribution in [0.3, 0.4) is 0 Å². The van der Waals surface area contributed by atoms with E-state index in [2.05, 4.69) is 36.1 Å². The van der Waals surface area contributed by atoms with Crippen LogP contribution in [0.2, 0.25) is 0 Å². The first-order chi connectivity index (χ1) is 7.83. The Morgan fingerprint density at radius 1 is 1.25 bits per heavy atom. The maximum Gasteiger partial charge on any atom is 0.186 e. The summed E-state index contributed by atoms with van der Waals surface area (Å²) >= 11 is 1.82. The van der Waals surface area contributed by atoms with Gasteiger partial charge < -0.3 is 4.90 Å². The molecule has 1 saturated heterocycles. The third kappa shape index (κ3) is 1.80. The van der Waals surface area contributed by atoms with Gasteiger partial charge in [0, 0.05) is 13.1 Å². The number of hydrogen-bond acceptors (Lipinski definition) is 3. The minimum absolute atomic E-state index is 0.880. The number of thiazole rings is 1. The van der Waals surface area contributed by atoms with Crippen molar-refractivity contribution in [2.24, 2.45) is 5.92 Å². The van der Waals surface area contributed by atoms with E-state index in [-0.39, 0.29) is 0 Å². The Hall–Kier alpha value is -1.09. The van der Waals surface area contributed by atoms with Crippen molar-refractivity contribution in [1.29, 1.82) is 0 Å². The van der Waals surface area contributed by atoms with Gasteiger partial charge in [0.15, 0.2) is 5.13 Å². The molecular formula is C13H16N2S. The van der Waals surface area contributed by atoms with Crippen LogP contribution in [0.25, 0.3) is 10.2 Å². The Bertz CT molecular complexity index is 450. The third-order valence-electron chi connectivity index (χ3n) is 3.34. The molecular weight excluding hydrogens is 216 g/mol. The summed E-state index contributed by atoms with van der Waals surface area (Å²) in [5.74, 6) is 0.880. The summed E-state index contributed by atoms with van der Waals surface area (Å²) in [5.41, 5.74) is 1.14. The molecule has 3 rings (SSSR count). The fraction of sp³-hybridized carbons (Fsp3) is 0.462. The molecule has 0 aliphatic carbocycles. The van der Waals surface area contributed by atoms with E-state index in [4.69, 9.17) is 4.98 Å². The summed E-state index contributed by atoms with van der Waals surface area (Å²) in [5, 5.41) is 1.20. The summed E-state index contributed by atoms with van der Waals surface area (Å²) in [4.78, 5) is 7.14. The van der Waals surface area contributed by atoms with Crippen molar-refractivity contribution in [3.05, 3.63) is 24.3 Å². The van der Waals surface area contributed by atoms with E-state index in [1.807, 2.05) is 11.3 Å². The van der Waals surface area contributed by atoms with Gasteiger partial charge in [0.25, 0.3) is 0 Å². The molecule has 1 aromatic heterocycles. The standard InChI is InChI=1S/C13H16N2S/c1-10-6-8-15(9-7-10)13-14-11-4-2-3-5-12(11)16-13/h2-5,10H,6-9H2,1H3. The van der Waals surface area contributed by atoms with E-state index >= 15 is 0 Å². The minimum Gasteiger partial charge on any atom is -0.348 e. The molecule has 2 nitrogen and oxygen atoms in total. The van der Waals surface area contributed by atoms with Crippen LogP contribution in [0.1, 0.15) is 19.8 Å². The predicted molar refractivity (Wildman–Crippen MR) is 70.2 cm³/mol. The van der Waals surface area contributed by atoms with Gasteiger partial charge in [-0.3, -0.25) is 0 Å². The van der Waals surface area contributed by atoms with Crippen LogP contribution in [-0.2, 0) is 0 Å². The molecule has 0 N–H and O–H groups in total. The van der Waals surface area contributed by atoms with Crippen LogP contribution in [-0.4, -0.2) is 18.1 Å². The van der Waals surface area contributed by atoms with Gasteiger partial charge in [-0.1, -0.05) is 30.4 Å².